The van der Waals surface area contributed by atoms with Crippen molar-refractivity contribution < 1.29 is 0 Å². The molecule has 3 aromatic rings. The first-order valence-electron chi connectivity index (χ1n) is 7.53. The van der Waals surface area contributed by atoms with Crippen LogP contribution < -0.4 is 5.32 Å². The maximum atomic E-state index is 4.71. The van der Waals surface area contributed by atoms with Gasteiger partial charge in [0.1, 0.15) is 5.82 Å². The third kappa shape index (κ3) is 2.92. The van der Waals surface area contributed by atoms with E-state index in [4.69, 9.17) is 4.98 Å². The zero-order valence-corrected chi connectivity index (χ0v) is 12.7. The van der Waals surface area contributed by atoms with Gasteiger partial charge < -0.3 is 10.3 Å². The first kappa shape index (κ1) is 13.5. The van der Waals surface area contributed by atoms with Gasteiger partial charge in [-0.1, -0.05) is 36.4 Å². The molecule has 0 radical (unpaired) electrons. The lowest BCUT2D eigenvalue weighted by Gasteiger charge is -2.09. The number of H-pyrrole nitrogens is 1. The normalized spacial score (nSPS) is 12.3. The minimum Gasteiger partial charge on any atom is -0.332 e. The van der Waals surface area contributed by atoms with Gasteiger partial charge in [-0.15, -0.1) is 0 Å². The van der Waals surface area contributed by atoms with Gasteiger partial charge in [-0.05, 0) is 42.0 Å². The Labute approximate surface area is 133 Å². The Kier molecular flexibility index (Phi) is 3.27. The summed E-state index contributed by atoms with van der Waals surface area (Å²) in [6, 6.07) is 20.4. The van der Waals surface area contributed by atoms with Crippen molar-refractivity contribution in [2.45, 2.75) is 6.92 Å². The molecule has 0 unspecified atom stereocenters. The van der Waals surface area contributed by atoms with Crippen LogP contribution in [-0.4, -0.2) is 15.0 Å². The van der Waals surface area contributed by atoms with E-state index in [0.717, 1.165) is 33.2 Å². The molecule has 4 nitrogen and oxygen atoms in total. The van der Waals surface area contributed by atoms with Crippen molar-refractivity contribution in [3.8, 4) is 0 Å². The molecule has 1 aliphatic rings. The molecule has 4 rings (SSSR count). The predicted octanol–water partition coefficient (Wildman–Crippen LogP) is 4.58. The van der Waals surface area contributed by atoms with Gasteiger partial charge in [0.25, 0.3) is 0 Å². The van der Waals surface area contributed by atoms with Gasteiger partial charge in [-0.3, -0.25) is 0 Å². The van der Waals surface area contributed by atoms with Crippen molar-refractivity contribution in [3.63, 3.8) is 0 Å². The first-order chi connectivity index (χ1) is 11.3. The number of nitrogens with one attached hydrogen (secondary N) is 2. The Morgan fingerprint density at radius 2 is 1.43 bits per heavy atom. The number of anilines is 1. The predicted molar refractivity (Wildman–Crippen MR) is 95.1 cm³/mol. The van der Waals surface area contributed by atoms with Crippen LogP contribution in [0.2, 0.25) is 0 Å². The summed E-state index contributed by atoms with van der Waals surface area (Å²) in [5.74, 6) is 1.48. The number of hydrogen-bond donors (Lipinski definition) is 2. The van der Waals surface area contributed by atoms with Gasteiger partial charge in [0.15, 0.2) is 0 Å². The number of fused-ring (bicyclic) bond motifs is 6. The largest absolute Gasteiger partial charge is 0.332 e. The van der Waals surface area contributed by atoms with Crippen LogP contribution >= 0.6 is 0 Å². The monoisotopic (exact) mass is 300 g/mol. The van der Waals surface area contributed by atoms with E-state index >= 15 is 0 Å². The van der Waals surface area contributed by atoms with E-state index in [1.165, 1.54) is 0 Å². The van der Waals surface area contributed by atoms with Crippen LogP contribution in [0, 0.1) is 0 Å². The van der Waals surface area contributed by atoms with Crippen molar-refractivity contribution in [1.82, 2.24) is 15.0 Å². The van der Waals surface area contributed by atoms with Crippen LogP contribution in [0.4, 0.5) is 5.95 Å². The highest BCUT2D eigenvalue weighted by molar-refractivity contribution is 5.70. The Bertz CT molecular complexity index is 1010. The lowest BCUT2D eigenvalue weighted by molar-refractivity contribution is 1.10. The third-order valence-electron chi connectivity index (χ3n) is 3.73. The highest BCUT2D eigenvalue weighted by Crippen LogP contribution is 2.16. The van der Waals surface area contributed by atoms with Crippen LogP contribution in [0.25, 0.3) is 27.4 Å². The molecule has 2 heterocycles. The van der Waals surface area contributed by atoms with E-state index in [9.17, 15) is 0 Å². The molecule has 0 saturated heterocycles. The van der Waals surface area contributed by atoms with Crippen LogP contribution in [0.5, 0.6) is 0 Å². The van der Waals surface area contributed by atoms with Gasteiger partial charge in [0, 0.05) is 11.8 Å². The molecule has 1 aliphatic heterocycles. The minimum atomic E-state index is 0.672. The van der Waals surface area contributed by atoms with Crippen LogP contribution in [-0.2, 0) is 0 Å². The Morgan fingerprint density at radius 1 is 0.783 bits per heavy atom. The highest BCUT2D eigenvalue weighted by Gasteiger charge is 2.03. The average molecular weight is 300 g/mol. The second-order valence-corrected chi connectivity index (χ2v) is 5.54. The molecule has 0 spiro atoms. The van der Waals surface area contributed by atoms with Crippen molar-refractivity contribution in [2.75, 3.05) is 5.32 Å². The second-order valence-electron chi connectivity index (χ2n) is 5.54. The average Bonchev–Trinajstić information content (AvgIpc) is 2.57. The molecular formula is C19H16N4. The third-order valence-corrected chi connectivity index (χ3v) is 3.73. The molecule has 2 N–H and O–H groups in total. The van der Waals surface area contributed by atoms with E-state index in [1.54, 1.807) is 0 Å². The Morgan fingerprint density at radius 3 is 2.13 bits per heavy atom. The standard InChI is InChI=1S/C19H16N4/c1-13-12-20-19-22-17-7-3-5-15(11-17)9-8-14-4-2-6-16(10-14)21-18(13)23-19/h2-12H,1H3,(H2,20,21,22,23). The lowest BCUT2D eigenvalue weighted by atomic mass is 10.2. The van der Waals surface area contributed by atoms with E-state index in [-0.39, 0.29) is 0 Å². The van der Waals surface area contributed by atoms with E-state index in [1.807, 2.05) is 37.4 Å². The number of benzene rings is 2. The molecule has 0 fully saturated rings. The zero-order valence-electron chi connectivity index (χ0n) is 12.7. The lowest BCUT2D eigenvalue weighted by Crippen LogP contribution is -2.03. The molecule has 6 bridgehead atoms. The maximum Gasteiger partial charge on any atom is 0.206 e. The zero-order chi connectivity index (χ0) is 15.6. The number of rotatable bonds is 0. The van der Waals surface area contributed by atoms with Crippen molar-refractivity contribution in [3.05, 3.63) is 72.7 Å². The second kappa shape index (κ2) is 5.57. The van der Waals surface area contributed by atoms with Crippen molar-refractivity contribution in [2.24, 2.45) is 0 Å². The quantitative estimate of drug-likeness (QED) is 0.638. The van der Waals surface area contributed by atoms with Crippen LogP contribution in [0.1, 0.15) is 12.7 Å². The Hall–Kier alpha value is -3.14. The van der Waals surface area contributed by atoms with Crippen molar-refractivity contribution in [1.29, 1.82) is 0 Å². The molecule has 1 aromatic heterocycles. The van der Waals surface area contributed by atoms with Gasteiger partial charge in [0.2, 0.25) is 5.95 Å². The Balaban J connectivity index is 2.14. The summed E-state index contributed by atoms with van der Waals surface area (Å²) < 4.78 is 0. The van der Waals surface area contributed by atoms with E-state index in [2.05, 4.69) is 51.7 Å². The summed E-state index contributed by atoms with van der Waals surface area (Å²) in [6.07, 6.45) is 1.92. The van der Waals surface area contributed by atoms with Gasteiger partial charge >= 0.3 is 0 Å². The van der Waals surface area contributed by atoms with E-state index < -0.39 is 0 Å². The summed E-state index contributed by atoms with van der Waals surface area (Å²) in [4.78, 5) is 12.6. The van der Waals surface area contributed by atoms with Crippen LogP contribution in [0.15, 0.2) is 66.9 Å². The molecule has 4 heteroatoms. The molecule has 112 valence electrons. The molecule has 0 amide bonds. The summed E-state index contributed by atoms with van der Waals surface area (Å²) in [5.41, 5.74) is 2.84. The van der Waals surface area contributed by atoms with Crippen LogP contribution in [0.3, 0.4) is 0 Å². The number of aromatic nitrogens is 3. The maximum absolute atomic E-state index is 4.71. The summed E-state index contributed by atoms with van der Waals surface area (Å²) in [5, 5.41) is 5.39. The smallest absolute Gasteiger partial charge is 0.206 e. The molecular weight excluding hydrogens is 284 g/mol. The number of hydrogen-bond acceptors (Lipinski definition) is 3. The molecule has 0 saturated carbocycles. The summed E-state index contributed by atoms with van der Waals surface area (Å²) in [7, 11) is 0. The molecule has 23 heavy (non-hydrogen) atoms. The number of nitrogens with zero attached hydrogens (tertiary/aromatic N) is 2. The fourth-order valence-corrected chi connectivity index (χ4v) is 2.51. The molecule has 2 aromatic carbocycles. The first-order valence-corrected chi connectivity index (χ1v) is 7.53. The number of aromatic amines is 1. The summed E-state index contributed by atoms with van der Waals surface area (Å²) in [6.45, 7) is 2.01. The topological polar surface area (TPSA) is 53.6 Å². The van der Waals surface area contributed by atoms with E-state index in [0.29, 0.717) is 5.95 Å². The molecule has 0 atom stereocenters. The van der Waals surface area contributed by atoms with Gasteiger partial charge in [0.05, 0.1) is 11.0 Å². The SMILES string of the molecule is CC1=CNc2nc3cccc(ccc4cccc(c4)nc1[nH]2)c3. The van der Waals surface area contributed by atoms with Crippen molar-refractivity contribution >= 4 is 33.3 Å². The fraction of sp³-hybridized carbons (Fsp3) is 0.0526. The molecule has 0 aliphatic carbocycles. The highest BCUT2D eigenvalue weighted by atomic mass is 15.1. The minimum absolute atomic E-state index is 0.672. The fourth-order valence-electron chi connectivity index (χ4n) is 2.51. The van der Waals surface area contributed by atoms with Gasteiger partial charge in [-0.25, -0.2) is 9.97 Å². The number of allylic oxidation sites excluding steroid dienone is 1. The van der Waals surface area contributed by atoms with Gasteiger partial charge in [-0.2, -0.15) is 0 Å². The summed E-state index contributed by atoms with van der Waals surface area (Å²) >= 11 is 0.